The second-order valence-corrected chi connectivity index (χ2v) is 6.86. The predicted octanol–water partition coefficient (Wildman–Crippen LogP) is 3.71. The molecule has 1 N–H and O–H groups in total. The summed E-state index contributed by atoms with van der Waals surface area (Å²) in [5.41, 5.74) is 0.385. The van der Waals surface area contributed by atoms with E-state index in [0.29, 0.717) is 5.56 Å². The Morgan fingerprint density at radius 3 is 2.56 bits per heavy atom. The maximum Gasteiger partial charge on any atom is 0.393 e. The molecule has 25 heavy (non-hydrogen) atoms. The third-order valence-electron chi connectivity index (χ3n) is 5.21. The first-order chi connectivity index (χ1) is 11.9. The number of likely N-dealkylation sites (tertiary alicyclic amines) is 1. The number of benzene rings is 1. The first-order valence-corrected chi connectivity index (χ1v) is 8.73. The maximum absolute atomic E-state index is 14.9. The predicted molar refractivity (Wildman–Crippen MR) is 85.9 cm³/mol. The first kappa shape index (κ1) is 18.2. The van der Waals surface area contributed by atoms with E-state index in [2.05, 4.69) is 5.32 Å². The Bertz CT molecular complexity index is 626. The molecule has 2 fully saturated rings. The van der Waals surface area contributed by atoms with Crippen molar-refractivity contribution >= 4 is 5.91 Å². The van der Waals surface area contributed by atoms with Crippen molar-refractivity contribution in [1.29, 1.82) is 0 Å². The molecule has 1 atom stereocenters. The number of amides is 1. The SMILES string of the molecule is O=C(c1cccc(C2CCNCC2)c1F)N1CCCC(C(F)(F)F)C1. The molecule has 0 spiro atoms. The molecule has 3 rings (SSSR count). The van der Waals surface area contributed by atoms with Gasteiger partial charge in [-0.05, 0) is 56.3 Å². The van der Waals surface area contributed by atoms with Crippen molar-refractivity contribution in [3.05, 3.63) is 35.1 Å². The van der Waals surface area contributed by atoms with Crippen molar-refractivity contribution < 1.29 is 22.4 Å². The minimum absolute atomic E-state index is 0.0187. The molecule has 0 bridgehead atoms. The molecule has 0 radical (unpaired) electrons. The van der Waals surface area contributed by atoms with Crippen molar-refractivity contribution in [2.24, 2.45) is 5.92 Å². The van der Waals surface area contributed by atoms with E-state index >= 15 is 0 Å². The van der Waals surface area contributed by atoms with E-state index in [-0.39, 0.29) is 37.4 Å². The van der Waals surface area contributed by atoms with Gasteiger partial charge in [-0.1, -0.05) is 12.1 Å². The fourth-order valence-corrected chi connectivity index (χ4v) is 3.76. The van der Waals surface area contributed by atoms with Gasteiger partial charge in [0.25, 0.3) is 5.91 Å². The van der Waals surface area contributed by atoms with Crippen LogP contribution in [0.25, 0.3) is 0 Å². The van der Waals surface area contributed by atoms with E-state index < -0.39 is 23.8 Å². The van der Waals surface area contributed by atoms with Gasteiger partial charge >= 0.3 is 6.18 Å². The normalized spacial score (nSPS) is 22.9. The lowest BCUT2D eigenvalue weighted by molar-refractivity contribution is -0.184. The van der Waals surface area contributed by atoms with Crippen LogP contribution in [0.15, 0.2) is 18.2 Å². The molecule has 0 aliphatic carbocycles. The summed E-state index contributed by atoms with van der Waals surface area (Å²) in [4.78, 5) is 13.8. The van der Waals surface area contributed by atoms with Gasteiger partial charge in [0.15, 0.2) is 0 Å². The number of halogens is 4. The lowest BCUT2D eigenvalue weighted by Gasteiger charge is -2.34. The number of nitrogens with zero attached hydrogens (tertiary/aromatic N) is 1. The fourth-order valence-electron chi connectivity index (χ4n) is 3.76. The van der Waals surface area contributed by atoms with Crippen molar-refractivity contribution in [2.75, 3.05) is 26.2 Å². The number of alkyl halides is 3. The van der Waals surface area contributed by atoms with Crippen LogP contribution in [0.3, 0.4) is 0 Å². The van der Waals surface area contributed by atoms with Crippen LogP contribution in [-0.4, -0.2) is 43.2 Å². The minimum atomic E-state index is -4.32. The highest BCUT2D eigenvalue weighted by atomic mass is 19.4. The fraction of sp³-hybridized carbons (Fsp3) is 0.611. The monoisotopic (exact) mass is 358 g/mol. The van der Waals surface area contributed by atoms with Crippen molar-refractivity contribution in [2.45, 2.75) is 37.8 Å². The zero-order valence-corrected chi connectivity index (χ0v) is 13.9. The van der Waals surface area contributed by atoms with Crippen LogP contribution < -0.4 is 5.32 Å². The number of hydrogen-bond acceptors (Lipinski definition) is 2. The molecule has 2 heterocycles. The second kappa shape index (κ2) is 7.32. The molecule has 1 amide bonds. The van der Waals surface area contributed by atoms with E-state index in [0.717, 1.165) is 30.8 Å². The molecular weight excluding hydrogens is 336 g/mol. The summed E-state index contributed by atoms with van der Waals surface area (Å²) in [5.74, 6) is -2.70. The Kier molecular flexibility index (Phi) is 5.32. The largest absolute Gasteiger partial charge is 0.393 e. The van der Waals surface area contributed by atoms with Gasteiger partial charge in [-0.3, -0.25) is 4.79 Å². The van der Waals surface area contributed by atoms with E-state index in [1.54, 1.807) is 12.1 Å². The highest BCUT2D eigenvalue weighted by molar-refractivity contribution is 5.94. The second-order valence-electron chi connectivity index (χ2n) is 6.86. The molecule has 2 saturated heterocycles. The van der Waals surface area contributed by atoms with Gasteiger partial charge in [0, 0.05) is 13.1 Å². The average Bonchev–Trinajstić information content (AvgIpc) is 2.61. The summed E-state index contributed by atoms with van der Waals surface area (Å²) in [5, 5.41) is 3.21. The first-order valence-electron chi connectivity index (χ1n) is 8.73. The standard InChI is InChI=1S/C18H22F4N2O/c19-16-14(12-6-8-23-9-7-12)4-1-5-15(16)17(25)24-10-2-3-13(11-24)18(20,21)22/h1,4-5,12-13,23H,2-3,6-11H2. The molecule has 2 aliphatic rings. The maximum atomic E-state index is 14.9. The molecule has 1 aromatic carbocycles. The number of piperidine rings is 2. The Morgan fingerprint density at radius 2 is 1.88 bits per heavy atom. The molecule has 3 nitrogen and oxygen atoms in total. The van der Waals surface area contributed by atoms with Gasteiger partial charge in [-0.25, -0.2) is 4.39 Å². The Labute approximate surface area is 144 Å². The zero-order chi connectivity index (χ0) is 18.0. The smallest absolute Gasteiger partial charge is 0.338 e. The summed E-state index contributed by atoms with van der Waals surface area (Å²) in [6, 6.07) is 4.68. The number of hydrogen-bond donors (Lipinski definition) is 1. The van der Waals surface area contributed by atoms with Gasteiger partial charge in [-0.2, -0.15) is 13.2 Å². The van der Waals surface area contributed by atoms with Gasteiger partial charge in [-0.15, -0.1) is 0 Å². The highest BCUT2D eigenvalue weighted by Gasteiger charge is 2.43. The lowest BCUT2D eigenvalue weighted by atomic mass is 9.88. The van der Waals surface area contributed by atoms with Crippen LogP contribution in [0.5, 0.6) is 0 Å². The number of carbonyl (C=O) groups is 1. The van der Waals surface area contributed by atoms with Crippen molar-refractivity contribution in [3.63, 3.8) is 0 Å². The third-order valence-corrected chi connectivity index (χ3v) is 5.21. The topological polar surface area (TPSA) is 32.3 Å². The lowest BCUT2D eigenvalue weighted by Crippen LogP contribution is -2.44. The average molecular weight is 358 g/mol. The molecule has 7 heteroatoms. The molecular formula is C18H22F4N2O. The van der Waals surface area contributed by atoms with Crippen LogP contribution in [0, 0.1) is 11.7 Å². The van der Waals surface area contributed by atoms with Gasteiger partial charge in [0.1, 0.15) is 5.82 Å². The van der Waals surface area contributed by atoms with Crippen molar-refractivity contribution in [1.82, 2.24) is 10.2 Å². The summed E-state index contributed by atoms with van der Waals surface area (Å²) in [6.07, 6.45) is -2.45. The Balaban J connectivity index is 1.80. The summed E-state index contributed by atoms with van der Waals surface area (Å²) in [6.45, 7) is 1.44. The van der Waals surface area contributed by atoms with E-state index in [1.165, 1.54) is 6.07 Å². The Hall–Kier alpha value is -1.63. The quantitative estimate of drug-likeness (QED) is 0.818. The Morgan fingerprint density at radius 1 is 1.16 bits per heavy atom. The molecule has 0 saturated carbocycles. The third kappa shape index (κ3) is 3.97. The molecule has 0 aromatic heterocycles. The zero-order valence-electron chi connectivity index (χ0n) is 13.9. The van der Waals surface area contributed by atoms with E-state index in [9.17, 15) is 22.4 Å². The number of nitrogens with one attached hydrogen (secondary N) is 1. The van der Waals surface area contributed by atoms with Gasteiger partial charge in [0.2, 0.25) is 0 Å². The summed E-state index contributed by atoms with van der Waals surface area (Å²) >= 11 is 0. The van der Waals surface area contributed by atoms with E-state index in [4.69, 9.17) is 0 Å². The van der Waals surface area contributed by atoms with Crippen LogP contribution in [-0.2, 0) is 0 Å². The van der Waals surface area contributed by atoms with Crippen LogP contribution in [0.4, 0.5) is 17.6 Å². The van der Waals surface area contributed by atoms with Crippen LogP contribution >= 0.6 is 0 Å². The summed E-state index contributed by atoms with van der Waals surface area (Å²) in [7, 11) is 0. The van der Waals surface area contributed by atoms with Gasteiger partial charge < -0.3 is 10.2 Å². The summed E-state index contributed by atoms with van der Waals surface area (Å²) < 4.78 is 53.7. The van der Waals surface area contributed by atoms with Crippen LogP contribution in [0.2, 0.25) is 0 Å². The molecule has 2 aliphatic heterocycles. The molecule has 1 aromatic rings. The van der Waals surface area contributed by atoms with E-state index in [1.807, 2.05) is 0 Å². The van der Waals surface area contributed by atoms with Crippen LogP contribution in [0.1, 0.15) is 47.5 Å². The highest BCUT2D eigenvalue weighted by Crippen LogP contribution is 2.34. The number of rotatable bonds is 2. The van der Waals surface area contributed by atoms with Gasteiger partial charge in [0.05, 0.1) is 11.5 Å². The molecule has 138 valence electrons. The van der Waals surface area contributed by atoms with Crippen molar-refractivity contribution in [3.8, 4) is 0 Å². The molecule has 1 unspecified atom stereocenters. The minimum Gasteiger partial charge on any atom is -0.338 e. The number of carbonyl (C=O) groups excluding carboxylic acids is 1.